The maximum Gasteiger partial charge on any atom is 0.223 e. The van der Waals surface area contributed by atoms with Crippen LogP contribution in [0.3, 0.4) is 0 Å². The number of hydrogen-bond acceptors (Lipinski definition) is 2. The molecule has 0 radical (unpaired) electrons. The SMILES string of the molecule is COc1ccc(Cl)cc1CNC(=O)C1CCCCC1. The molecule has 0 spiro atoms. The second kappa shape index (κ2) is 6.80. The van der Waals surface area contributed by atoms with E-state index in [1.807, 2.05) is 12.1 Å². The molecule has 0 unspecified atom stereocenters. The van der Waals surface area contributed by atoms with Gasteiger partial charge in [-0.05, 0) is 31.0 Å². The van der Waals surface area contributed by atoms with Crippen LogP contribution in [0.15, 0.2) is 18.2 Å². The summed E-state index contributed by atoms with van der Waals surface area (Å²) >= 11 is 5.97. The molecule has 0 bridgehead atoms. The van der Waals surface area contributed by atoms with E-state index in [1.165, 1.54) is 19.3 Å². The first-order valence-corrected chi connectivity index (χ1v) is 7.18. The van der Waals surface area contributed by atoms with E-state index in [2.05, 4.69) is 5.32 Å². The molecule has 104 valence electrons. The molecule has 0 aliphatic heterocycles. The summed E-state index contributed by atoms with van der Waals surface area (Å²) < 4.78 is 5.27. The number of methoxy groups -OCH3 is 1. The van der Waals surface area contributed by atoms with E-state index in [0.717, 1.165) is 24.2 Å². The van der Waals surface area contributed by atoms with Gasteiger partial charge in [-0.3, -0.25) is 4.79 Å². The summed E-state index contributed by atoms with van der Waals surface area (Å²) in [5, 5.41) is 3.65. The summed E-state index contributed by atoms with van der Waals surface area (Å²) in [6.45, 7) is 0.471. The molecule has 0 saturated heterocycles. The third-order valence-electron chi connectivity index (χ3n) is 3.67. The van der Waals surface area contributed by atoms with Gasteiger partial charge in [0.25, 0.3) is 0 Å². The van der Waals surface area contributed by atoms with Crippen molar-refractivity contribution in [2.45, 2.75) is 38.6 Å². The van der Waals surface area contributed by atoms with Gasteiger partial charge in [0.05, 0.1) is 7.11 Å². The van der Waals surface area contributed by atoms with Crippen LogP contribution in [0, 0.1) is 5.92 Å². The van der Waals surface area contributed by atoms with Gasteiger partial charge in [0.15, 0.2) is 0 Å². The fourth-order valence-corrected chi connectivity index (χ4v) is 2.77. The van der Waals surface area contributed by atoms with Gasteiger partial charge in [-0.2, -0.15) is 0 Å². The van der Waals surface area contributed by atoms with E-state index in [9.17, 15) is 4.79 Å². The molecule has 1 fully saturated rings. The predicted octanol–water partition coefficient (Wildman–Crippen LogP) is 3.55. The van der Waals surface area contributed by atoms with Crippen molar-refractivity contribution < 1.29 is 9.53 Å². The summed E-state index contributed by atoms with van der Waals surface area (Å²) in [5.74, 6) is 1.09. The smallest absolute Gasteiger partial charge is 0.223 e. The van der Waals surface area contributed by atoms with Crippen LogP contribution < -0.4 is 10.1 Å². The van der Waals surface area contributed by atoms with E-state index in [4.69, 9.17) is 16.3 Å². The van der Waals surface area contributed by atoms with E-state index in [-0.39, 0.29) is 11.8 Å². The van der Waals surface area contributed by atoms with Crippen molar-refractivity contribution >= 4 is 17.5 Å². The number of rotatable bonds is 4. The highest BCUT2D eigenvalue weighted by molar-refractivity contribution is 6.30. The lowest BCUT2D eigenvalue weighted by Crippen LogP contribution is -2.31. The van der Waals surface area contributed by atoms with Crippen LogP contribution in [0.2, 0.25) is 5.02 Å². The van der Waals surface area contributed by atoms with Gasteiger partial charge in [0.1, 0.15) is 5.75 Å². The minimum Gasteiger partial charge on any atom is -0.496 e. The molecule has 1 amide bonds. The Kier molecular flexibility index (Phi) is 5.08. The Hall–Kier alpha value is -1.22. The van der Waals surface area contributed by atoms with Gasteiger partial charge in [-0.15, -0.1) is 0 Å². The average Bonchev–Trinajstić information content (AvgIpc) is 2.46. The Morgan fingerprint density at radius 2 is 2.11 bits per heavy atom. The number of nitrogens with one attached hydrogen (secondary N) is 1. The van der Waals surface area contributed by atoms with Crippen molar-refractivity contribution in [3.8, 4) is 5.75 Å². The van der Waals surface area contributed by atoms with Crippen LogP contribution in [0.5, 0.6) is 5.75 Å². The molecular formula is C15H20ClNO2. The Bertz CT molecular complexity index is 442. The van der Waals surface area contributed by atoms with Crippen LogP contribution in [0.4, 0.5) is 0 Å². The topological polar surface area (TPSA) is 38.3 Å². The number of carbonyl (C=O) groups excluding carboxylic acids is 1. The standard InChI is InChI=1S/C15H20ClNO2/c1-19-14-8-7-13(16)9-12(14)10-17-15(18)11-5-3-2-4-6-11/h7-9,11H,2-6,10H2,1H3,(H,17,18). The summed E-state index contributed by atoms with van der Waals surface area (Å²) in [6, 6.07) is 5.44. The Morgan fingerprint density at radius 1 is 1.37 bits per heavy atom. The van der Waals surface area contributed by atoms with Crippen molar-refractivity contribution in [2.75, 3.05) is 7.11 Å². The zero-order valence-corrected chi connectivity index (χ0v) is 12.0. The minimum absolute atomic E-state index is 0.154. The molecule has 4 heteroatoms. The molecule has 1 saturated carbocycles. The second-order valence-corrected chi connectivity index (χ2v) is 5.45. The molecule has 1 N–H and O–H groups in total. The van der Waals surface area contributed by atoms with Gasteiger partial charge >= 0.3 is 0 Å². The number of ether oxygens (including phenoxy) is 1. The Labute approximate surface area is 119 Å². The normalized spacial score (nSPS) is 16.1. The van der Waals surface area contributed by atoms with Crippen molar-refractivity contribution in [3.63, 3.8) is 0 Å². The highest BCUT2D eigenvalue weighted by atomic mass is 35.5. The first-order valence-electron chi connectivity index (χ1n) is 6.81. The van der Waals surface area contributed by atoms with Crippen molar-refractivity contribution in [1.82, 2.24) is 5.32 Å². The number of carbonyl (C=O) groups is 1. The van der Waals surface area contributed by atoms with Crippen LogP contribution in [-0.2, 0) is 11.3 Å². The van der Waals surface area contributed by atoms with Crippen LogP contribution >= 0.6 is 11.6 Å². The highest BCUT2D eigenvalue weighted by Crippen LogP contribution is 2.25. The van der Waals surface area contributed by atoms with Crippen molar-refractivity contribution in [3.05, 3.63) is 28.8 Å². The van der Waals surface area contributed by atoms with Crippen molar-refractivity contribution in [1.29, 1.82) is 0 Å². The summed E-state index contributed by atoms with van der Waals surface area (Å²) in [5.41, 5.74) is 0.916. The molecule has 0 aromatic heterocycles. The Balaban J connectivity index is 1.94. The molecular weight excluding hydrogens is 262 g/mol. The highest BCUT2D eigenvalue weighted by Gasteiger charge is 2.20. The number of benzene rings is 1. The van der Waals surface area contributed by atoms with Crippen LogP contribution in [0.25, 0.3) is 0 Å². The quantitative estimate of drug-likeness (QED) is 0.917. The zero-order valence-electron chi connectivity index (χ0n) is 11.2. The van der Waals surface area contributed by atoms with Gasteiger partial charge in [0.2, 0.25) is 5.91 Å². The number of hydrogen-bond donors (Lipinski definition) is 1. The molecule has 1 aliphatic rings. The predicted molar refractivity (Wildman–Crippen MR) is 76.4 cm³/mol. The van der Waals surface area contributed by atoms with Gasteiger partial charge in [-0.25, -0.2) is 0 Å². The maximum atomic E-state index is 12.1. The van der Waals surface area contributed by atoms with Gasteiger partial charge < -0.3 is 10.1 Å². The molecule has 3 nitrogen and oxygen atoms in total. The van der Waals surface area contributed by atoms with E-state index >= 15 is 0 Å². The van der Waals surface area contributed by atoms with Crippen LogP contribution in [0.1, 0.15) is 37.7 Å². The molecule has 0 heterocycles. The minimum atomic E-state index is 0.154. The summed E-state index contributed by atoms with van der Waals surface area (Å²) in [6.07, 6.45) is 5.61. The monoisotopic (exact) mass is 281 g/mol. The third kappa shape index (κ3) is 3.87. The first kappa shape index (κ1) is 14.2. The first-order chi connectivity index (χ1) is 9.20. The molecule has 19 heavy (non-hydrogen) atoms. The van der Waals surface area contributed by atoms with Gasteiger partial charge in [-0.1, -0.05) is 30.9 Å². The number of halogens is 1. The van der Waals surface area contributed by atoms with Crippen molar-refractivity contribution in [2.24, 2.45) is 5.92 Å². The molecule has 1 aromatic rings. The lowest BCUT2D eigenvalue weighted by molar-refractivity contribution is -0.126. The maximum absolute atomic E-state index is 12.1. The van der Waals surface area contributed by atoms with Crippen LogP contribution in [-0.4, -0.2) is 13.0 Å². The lowest BCUT2D eigenvalue weighted by atomic mass is 9.88. The molecule has 2 rings (SSSR count). The Morgan fingerprint density at radius 3 is 2.79 bits per heavy atom. The second-order valence-electron chi connectivity index (χ2n) is 5.01. The van der Waals surface area contributed by atoms with E-state index in [1.54, 1.807) is 13.2 Å². The lowest BCUT2D eigenvalue weighted by Gasteiger charge is -2.21. The molecule has 1 aliphatic carbocycles. The molecule has 0 atom stereocenters. The zero-order chi connectivity index (χ0) is 13.7. The average molecular weight is 282 g/mol. The summed E-state index contributed by atoms with van der Waals surface area (Å²) in [4.78, 5) is 12.1. The fourth-order valence-electron chi connectivity index (χ4n) is 2.58. The third-order valence-corrected chi connectivity index (χ3v) is 3.91. The largest absolute Gasteiger partial charge is 0.496 e. The van der Waals surface area contributed by atoms with Gasteiger partial charge in [0, 0.05) is 23.0 Å². The molecule has 1 aromatic carbocycles. The number of amides is 1. The van der Waals surface area contributed by atoms with E-state index < -0.39 is 0 Å². The fraction of sp³-hybridized carbons (Fsp3) is 0.533. The summed E-state index contributed by atoms with van der Waals surface area (Å²) in [7, 11) is 1.62. The van der Waals surface area contributed by atoms with E-state index in [0.29, 0.717) is 11.6 Å².